The van der Waals surface area contributed by atoms with Gasteiger partial charge in [-0.2, -0.15) is 8.42 Å². The minimum absolute atomic E-state index is 0.0758. The third kappa shape index (κ3) is 5.06. The van der Waals surface area contributed by atoms with E-state index in [4.69, 9.17) is 8.92 Å². The predicted molar refractivity (Wildman–Crippen MR) is 105 cm³/mol. The lowest BCUT2D eigenvalue weighted by Crippen LogP contribution is -2.13. The second-order valence-electron chi connectivity index (χ2n) is 6.21. The molecule has 3 aromatic rings. The molecule has 3 aromatic carbocycles. The van der Waals surface area contributed by atoms with Gasteiger partial charge in [0.2, 0.25) is 0 Å². The fraction of sp³-hybridized carbons (Fsp3) is 0.136. The molecule has 0 aliphatic rings. The Kier molecular flexibility index (Phi) is 6.23. The Balaban J connectivity index is 1.72. The Labute approximate surface area is 164 Å². The third-order valence-corrected chi connectivity index (χ3v) is 5.31. The lowest BCUT2D eigenvalue weighted by atomic mass is 10.1. The minimum atomic E-state index is -3.91. The maximum Gasteiger partial charge on any atom is 0.339 e. The normalized spacial score (nSPS) is 12.3. The van der Waals surface area contributed by atoms with Crippen molar-refractivity contribution in [1.29, 1.82) is 0 Å². The standard InChI is InChI=1S/C22H20O5S/c1-17(23)22(26-16-18-8-4-2-5-9-18)19-12-14-20(15-13-19)27-28(24,25)21-10-6-3-7-11-21/h2-15,22H,16H2,1H3. The van der Waals surface area contributed by atoms with E-state index in [-0.39, 0.29) is 16.4 Å². The van der Waals surface area contributed by atoms with Gasteiger partial charge in [0, 0.05) is 0 Å². The zero-order valence-electron chi connectivity index (χ0n) is 15.3. The zero-order valence-corrected chi connectivity index (χ0v) is 16.1. The van der Waals surface area contributed by atoms with E-state index >= 15 is 0 Å². The first-order chi connectivity index (χ1) is 13.5. The fourth-order valence-corrected chi connectivity index (χ4v) is 3.61. The largest absolute Gasteiger partial charge is 0.379 e. The van der Waals surface area contributed by atoms with Gasteiger partial charge in [-0.05, 0) is 42.3 Å². The van der Waals surface area contributed by atoms with E-state index in [0.717, 1.165) is 5.56 Å². The second-order valence-corrected chi connectivity index (χ2v) is 7.75. The van der Waals surface area contributed by atoms with Gasteiger partial charge < -0.3 is 8.92 Å². The van der Waals surface area contributed by atoms with Crippen LogP contribution in [0.4, 0.5) is 0 Å². The van der Waals surface area contributed by atoms with E-state index in [9.17, 15) is 13.2 Å². The van der Waals surface area contributed by atoms with Crippen LogP contribution in [0, 0.1) is 0 Å². The first-order valence-corrected chi connectivity index (χ1v) is 10.1. The fourth-order valence-electron chi connectivity index (χ4n) is 2.66. The molecule has 0 radical (unpaired) electrons. The van der Waals surface area contributed by atoms with Crippen LogP contribution in [0.1, 0.15) is 24.2 Å². The van der Waals surface area contributed by atoms with Crippen molar-refractivity contribution in [2.24, 2.45) is 0 Å². The van der Waals surface area contributed by atoms with Gasteiger partial charge in [-0.15, -0.1) is 0 Å². The van der Waals surface area contributed by atoms with Gasteiger partial charge in [0.05, 0.1) is 6.61 Å². The number of rotatable bonds is 8. The van der Waals surface area contributed by atoms with Crippen molar-refractivity contribution in [2.45, 2.75) is 24.5 Å². The van der Waals surface area contributed by atoms with Crippen LogP contribution in [0.25, 0.3) is 0 Å². The lowest BCUT2D eigenvalue weighted by molar-refractivity contribution is -0.129. The lowest BCUT2D eigenvalue weighted by Gasteiger charge is -2.16. The first kappa shape index (κ1) is 19.8. The van der Waals surface area contributed by atoms with E-state index < -0.39 is 16.2 Å². The summed E-state index contributed by atoms with van der Waals surface area (Å²) in [6.07, 6.45) is -0.736. The third-order valence-electron chi connectivity index (χ3n) is 4.05. The molecule has 0 spiro atoms. The summed E-state index contributed by atoms with van der Waals surface area (Å²) in [5, 5.41) is 0. The van der Waals surface area contributed by atoms with Crippen molar-refractivity contribution in [1.82, 2.24) is 0 Å². The molecule has 0 fully saturated rings. The highest BCUT2D eigenvalue weighted by Crippen LogP contribution is 2.25. The van der Waals surface area contributed by atoms with E-state index in [1.165, 1.54) is 31.2 Å². The summed E-state index contributed by atoms with van der Waals surface area (Å²) in [5.74, 6) is 0.0273. The molecule has 1 unspecified atom stereocenters. The first-order valence-electron chi connectivity index (χ1n) is 8.71. The van der Waals surface area contributed by atoms with Crippen molar-refractivity contribution in [2.75, 3.05) is 0 Å². The summed E-state index contributed by atoms with van der Waals surface area (Å²) in [6.45, 7) is 1.76. The van der Waals surface area contributed by atoms with E-state index in [1.807, 2.05) is 30.3 Å². The van der Waals surface area contributed by atoms with Gasteiger partial charge in [0.1, 0.15) is 16.7 Å². The van der Waals surface area contributed by atoms with Gasteiger partial charge in [-0.1, -0.05) is 60.7 Å². The molecule has 0 aliphatic carbocycles. The van der Waals surface area contributed by atoms with E-state index in [2.05, 4.69) is 0 Å². The summed E-state index contributed by atoms with van der Waals surface area (Å²) in [5.41, 5.74) is 1.59. The molecule has 1 atom stereocenters. The maximum absolute atomic E-state index is 12.3. The number of benzene rings is 3. The number of Topliss-reactive ketones (excluding diaryl/α,β-unsaturated/α-hetero) is 1. The molecule has 0 bridgehead atoms. The highest BCUT2D eigenvalue weighted by atomic mass is 32.2. The Hall–Kier alpha value is -2.96. The molecule has 0 saturated heterocycles. The second kappa shape index (κ2) is 8.82. The smallest absolute Gasteiger partial charge is 0.339 e. The van der Waals surface area contributed by atoms with Gasteiger partial charge in [0.25, 0.3) is 0 Å². The Bertz CT molecular complexity index is 1010. The van der Waals surface area contributed by atoms with Crippen LogP contribution in [-0.4, -0.2) is 14.2 Å². The topological polar surface area (TPSA) is 69.7 Å². The summed E-state index contributed by atoms with van der Waals surface area (Å²) >= 11 is 0. The summed E-state index contributed by atoms with van der Waals surface area (Å²) in [7, 11) is -3.91. The zero-order chi connectivity index (χ0) is 20.0. The molecule has 0 N–H and O–H groups in total. The van der Waals surface area contributed by atoms with Crippen LogP contribution in [0.2, 0.25) is 0 Å². The number of hydrogen-bond acceptors (Lipinski definition) is 5. The molecule has 0 aromatic heterocycles. The maximum atomic E-state index is 12.3. The van der Waals surface area contributed by atoms with Crippen molar-refractivity contribution in [3.05, 3.63) is 96.1 Å². The van der Waals surface area contributed by atoms with Gasteiger partial charge >= 0.3 is 10.1 Å². The van der Waals surface area contributed by atoms with Crippen LogP contribution in [0.3, 0.4) is 0 Å². The predicted octanol–water partition coefficient (Wildman–Crippen LogP) is 4.30. The average Bonchev–Trinajstić information content (AvgIpc) is 2.70. The number of carbonyl (C=O) groups is 1. The van der Waals surface area contributed by atoms with Gasteiger partial charge in [-0.3, -0.25) is 4.79 Å². The number of ketones is 1. The molecular weight excluding hydrogens is 376 g/mol. The Morgan fingerprint density at radius 1 is 0.857 bits per heavy atom. The molecule has 144 valence electrons. The number of hydrogen-bond donors (Lipinski definition) is 0. The average molecular weight is 396 g/mol. The van der Waals surface area contributed by atoms with Crippen LogP contribution in [0.15, 0.2) is 89.8 Å². The van der Waals surface area contributed by atoms with E-state index in [0.29, 0.717) is 12.2 Å². The van der Waals surface area contributed by atoms with Crippen molar-refractivity contribution in [3.63, 3.8) is 0 Å². The van der Waals surface area contributed by atoms with Crippen LogP contribution in [0.5, 0.6) is 5.75 Å². The van der Waals surface area contributed by atoms with Gasteiger partial charge in [0.15, 0.2) is 5.78 Å². The SMILES string of the molecule is CC(=O)C(OCc1ccccc1)c1ccc(OS(=O)(=O)c2ccccc2)cc1. The van der Waals surface area contributed by atoms with Crippen molar-refractivity contribution in [3.8, 4) is 5.75 Å². The van der Waals surface area contributed by atoms with Crippen LogP contribution in [-0.2, 0) is 26.3 Å². The van der Waals surface area contributed by atoms with Crippen molar-refractivity contribution < 1.29 is 22.1 Å². The molecule has 3 rings (SSSR count). The molecule has 0 amide bonds. The highest BCUT2D eigenvalue weighted by molar-refractivity contribution is 7.87. The molecular formula is C22H20O5S. The molecule has 0 saturated carbocycles. The highest BCUT2D eigenvalue weighted by Gasteiger charge is 2.19. The van der Waals surface area contributed by atoms with Gasteiger partial charge in [-0.25, -0.2) is 0 Å². The quantitative estimate of drug-likeness (QED) is 0.531. The van der Waals surface area contributed by atoms with E-state index in [1.54, 1.807) is 30.3 Å². The summed E-state index contributed by atoms with van der Waals surface area (Å²) < 4.78 is 35.5. The Morgan fingerprint density at radius 3 is 2.00 bits per heavy atom. The molecule has 6 heteroatoms. The molecule has 5 nitrogen and oxygen atoms in total. The van der Waals surface area contributed by atoms with Crippen LogP contribution >= 0.6 is 0 Å². The number of ether oxygens (including phenoxy) is 1. The number of carbonyl (C=O) groups excluding carboxylic acids is 1. The summed E-state index contributed by atoms with van der Waals surface area (Å²) in [4.78, 5) is 12.1. The van der Waals surface area contributed by atoms with Crippen molar-refractivity contribution >= 4 is 15.9 Å². The molecule has 0 aliphatic heterocycles. The molecule has 0 heterocycles. The summed E-state index contributed by atoms with van der Waals surface area (Å²) in [6, 6.07) is 23.8. The minimum Gasteiger partial charge on any atom is -0.379 e. The Morgan fingerprint density at radius 2 is 1.43 bits per heavy atom. The monoisotopic (exact) mass is 396 g/mol. The molecule has 28 heavy (non-hydrogen) atoms. The van der Waals surface area contributed by atoms with Crippen LogP contribution < -0.4 is 4.18 Å².